The number of nitrogen functional groups attached to an aromatic ring is 1. The Balaban J connectivity index is 2.96. The number of likely N-dealkylation sites (N-methyl/N-ethyl adjacent to an activating group) is 1. The first-order valence-corrected chi connectivity index (χ1v) is 4.19. The number of rotatable bonds is 3. The Morgan fingerprint density at radius 2 is 2.40 bits per heavy atom. The molecule has 0 aliphatic carbocycles. The number of nitrogens with two attached hydrogens (primary N) is 2. The van der Waals surface area contributed by atoms with Crippen molar-refractivity contribution in [3.63, 3.8) is 0 Å². The molecule has 0 spiro atoms. The van der Waals surface area contributed by atoms with E-state index < -0.39 is 5.91 Å². The predicted octanol–water partition coefficient (Wildman–Crippen LogP) is -0.543. The number of nitrogens with zero attached hydrogens (tertiary/aromatic N) is 3. The maximum Gasteiger partial charge on any atom is 0.236 e. The quantitative estimate of drug-likeness (QED) is 0.688. The molecule has 0 unspecified atom stereocenters. The Morgan fingerprint density at radius 3 is 2.87 bits per heavy atom. The van der Waals surface area contributed by atoms with Crippen molar-refractivity contribution in [3.8, 4) is 6.07 Å². The minimum absolute atomic E-state index is 0.0309. The van der Waals surface area contributed by atoms with Gasteiger partial charge in [0.1, 0.15) is 6.07 Å². The van der Waals surface area contributed by atoms with E-state index in [4.69, 9.17) is 16.7 Å². The topological polar surface area (TPSA) is 109 Å². The van der Waals surface area contributed by atoms with E-state index in [-0.39, 0.29) is 6.54 Å². The predicted molar refractivity (Wildman–Crippen MR) is 55.8 cm³/mol. The van der Waals surface area contributed by atoms with Gasteiger partial charge in [-0.3, -0.25) is 4.79 Å². The highest BCUT2D eigenvalue weighted by molar-refractivity contribution is 5.80. The van der Waals surface area contributed by atoms with Crippen LogP contribution in [0.2, 0.25) is 0 Å². The normalized spacial score (nSPS) is 9.33. The van der Waals surface area contributed by atoms with Crippen molar-refractivity contribution in [1.29, 1.82) is 5.26 Å². The summed E-state index contributed by atoms with van der Waals surface area (Å²) in [5, 5.41) is 8.60. The first-order chi connectivity index (χ1) is 7.04. The zero-order valence-electron chi connectivity index (χ0n) is 8.27. The summed E-state index contributed by atoms with van der Waals surface area (Å²) in [4.78, 5) is 16.2. The van der Waals surface area contributed by atoms with Crippen molar-refractivity contribution in [2.75, 3.05) is 24.2 Å². The van der Waals surface area contributed by atoms with Gasteiger partial charge in [-0.25, -0.2) is 4.98 Å². The number of carbonyl (C=O) groups is 1. The highest BCUT2D eigenvalue weighted by Crippen LogP contribution is 2.19. The summed E-state index contributed by atoms with van der Waals surface area (Å²) in [5.41, 5.74) is 11.4. The molecule has 6 heteroatoms. The van der Waals surface area contributed by atoms with Gasteiger partial charge in [-0.1, -0.05) is 0 Å². The fraction of sp³-hybridized carbons (Fsp3) is 0.222. The third kappa shape index (κ3) is 2.57. The number of hydrogen-bond acceptors (Lipinski definition) is 5. The maximum absolute atomic E-state index is 10.7. The van der Waals surface area contributed by atoms with Gasteiger partial charge in [-0.05, 0) is 6.07 Å². The zero-order valence-corrected chi connectivity index (χ0v) is 8.27. The summed E-state index contributed by atoms with van der Waals surface area (Å²) >= 11 is 0. The Labute approximate surface area is 87.1 Å². The number of hydrogen-bond donors (Lipinski definition) is 2. The van der Waals surface area contributed by atoms with Crippen molar-refractivity contribution in [1.82, 2.24) is 4.98 Å². The van der Waals surface area contributed by atoms with E-state index in [2.05, 4.69) is 4.98 Å². The largest absolute Gasteiger partial charge is 0.396 e. The average Bonchev–Trinajstić information content (AvgIpc) is 2.16. The summed E-state index contributed by atoms with van der Waals surface area (Å²) in [7, 11) is 1.65. The van der Waals surface area contributed by atoms with Crippen molar-refractivity contribution in [2.45, 2.75) is 0 Å². The van der Waals surface area contributed by atoms with Gasteiger partial charge in [0.15, 0.2) is 5.82 Å². The number of nitriles is 1. The van der Waals surface area contributed by atoms with Crippen LogP contribution in [0.1, 0.15) is 5.56 Å². The van der Waals surface area contributed by atoms with E-state index in [1.54, 1.807) is 7.05 Å². The van der Waals surface area contributed by atoms with Gasteiger partial charge in [0.05, 0.1) is 17.8 Å². The molecule has 1 rings (SSSR count). The summed E-state index contributed by atoms with van der Waals surface area (Å²) in [5.74, 6) is -0.0316. The molecule has 6 nitrogen and oxygen atoms in total. The Hall–Kier alpha value is -2.29. The van der Waals surface area contributed by atoms with Gasteiger partial charge in [0, 0.05) is 13.2 Å². The lowest BCUT2D eigenvalue weighted by Crippen LogP contribution is -2.31. The molecule has 1 aromatic rings. The van der Waals surface area contributed by atoms with Crippen molar-refractivity contribution >= 4 is 17.4 Å². The number of amides is 1. The summed E-state index contributed by atoms with van der Waals surface area (Å²) in [6, 6.07) is 3.42. The molecular weight excluding hydrogens is 194 g/mol. The molecular formula is C9H11N5O. The number of pyridine rings is 1. The van der Waals surface area contributed by atoms with Crippen LogP contribution in [0.25, 0.3) is 0 Å². The summed E-state index contributed by atoms with van der Waals surface area (Å²) in [6.45, 7) is 0.0309. The van der Waals surface area contributed by atoms with Gasteiger partial charge in [0.2, 0.25) is 5.91 Å². The van der Waals surface area contributed by atoms with E-state index in [1.807, 2.05) is 6.07 Å². The fourth-order valence-corrected chi connectivity index (χ4v) is 1.16. The van der Waals surface area contributed by atoms with Crippen LogP contribution < -0.4 is 16.4 Å². The molecule has 15 heavy (non-hydrogen) atoms. The molecule has 0 fully saturated rings. The van der Waals surface area contributed by atoms with Gasteiger partial charge in [-0.2, -0.15) is 5.26 Å². The second kappa shape index (κ2) is 4.28. The summed E-state index contributed by atoms with van der Waals surface area (Å²) < 4.78 is 0. The number of anilines is 2. The molecule has 0 saturated heterocycles. The second-order valence-corrected chi connectivity index (χ2v) is 3.07. The molecule has 0 aromatic carbocycles. The molecule has 4 N–H and O–H groups in total. The molecule has 0 radical (unpaired) electrons. The van der Waals surface area contributed by atoms with Crippen LogP contribution in [0.5, 0.6) is 0 Å². The van der Waals surface area contributed by atoms with Crippen LogP contribution in [0, 0.1) is 11.3 Å². The highest BCUT2D eigenvalue weighted by atomic mass is 16.1. The number of primary amides is 1. The molecule has 0 bridgehead atoms. The zero-order chi connectivity index (χ0) is 11.4. The molecule has 0 atom stereocenters. The lowest BCUT2D eigenvalue weighted by Gasteiger charge is -2.17. The Kier molecular flexibility index (Phi) is 3.08. The molecule has 1 amide bonds. The molecule has 0 aliphatic heterocycles. The SMILES string of the molecule is CN(CC(N)=O)c1ncc(C#N)cc1N. The molecule has 1 aromatic heterocycles. The van der Waals surface area contributed by atoms with Crippen LogP contribution in [0.15, 0.2) is 12.3 Å². The van der Waals surface area contributed by atoms with Gasteiger partial charge < -0.3 is 16.4 Å². The first-order valence-electron chi connectivity index (χ1n) is 4.19. The van der Waals surface area contributed by atoms with E-state index in [0.717, 1.165) is 0 Å². The standard InChI is InChI=1S/C9H11N5O/c1-14(5-8(12)15)9-7(11)2-6(3-10)4-13-9/h2,4H,5,11H2,1H3,(H2,12,15). The van der Waals surface area contributed by atoms with Crippen LogP contribution >= 0.6 is 0 Å². The highest BCUT2D eigenvalue weighted by Gasteiger charge is 2.09. The van der Waals surface area contributed by atoms with E-state index in [1.165, 1.54) is 17.2 Å². The minimum atomic E-state index is -0.469. The Morgan fingerprint density at radius 1 is 1.73 bits per heavy atom. The smallest absolute Gasteiger partial charge is 0.236 e. The van der Waals surface area contributed by atoms with E-state index >= 15 is 0 Å². The fourth-order valence-electron chi connectivity index (χ4n) is 1.16. The summed E-state index contributed by atoms with van der Waals surface area (Å²) in [6.07, 6.45) is 1.39. The van der Waals surface area contributed by atoms with Gasteiger partial charge in [-0.15, -0.1) is 0 Å². The Bertz CT molecular complexity index is 423. The first kappa shape index (κ1) is 10.8. The average molecular weight is 205 g/mol. The van der Waals surface area contributed by atoms with Crippen LogP contribution in [0.4, 0.5) is 11.5 Å². The minimum Gasteiger partial charge on any atom is -0.396 e. The van der Waals surface area contributed by atoms with Crippen molar-refractivity contribution in [2.24, 2.45) is 5.73 Å². The number of aromatic nitrogens is 1. The van der Waals surface area contributed by atoms with Crippen LogP contribution in [0.3, 0.4) is 0 Å². The monoisotopic (exact) mass is 205 g/mol. The second-order valence-electron chi connectivity index (χ2n) is 3.07. The van der Waals surface area contributed by atoms with Crippen molar-refractivity contribution in [3.05, 3.63) is 17.8 Å². The maximum atomic E-state index is 10.7. The molecule has 78 valence electrons. The molecule has 1 heterocycles. The van der Waals surface area contributed by atoms with Gasteiger partial charge in [0.25, 0.3) is 0 Å². The third-order valence-corrected chi connectivity index (χ3v) is 1.78. The lowest BCUT2D eigenvalue weighted by atomic mass is 10.2. The molecule has 0 aliphatic rings. The van der Waals surface area contributed by atoms with Crippen LogP contribution in [-0.4, -0.2) is 24.5 Å². The van der Waals surface area contributed by atoms with E-state index in [0.29, 0.717) is 17.1 Å². The lowest BCUT2D eigenvalue weighted by molar-refractivity contribution is -0.116. The third-order valence-electron chi connectivity index (χ3n) is 1.78. The van der Waals surface area contributed by atoms with Gasteiger partial charge >= 0.3 is 0 Å². The van der Waals surface area contributed by atoms with Crippen molar-refractivity contribution < 1.29 is 4.79 Å². The van der Waals surface area contributed by atoms with Crippen LogP contribution in [-0.2, 0) is 4.79 Å². The molecule has 0 saturated carbocycles. The van der Waals surface area contributed by atoms with E-state index in [9.17, 15) is 4.79 Å². The number of carbonyl (C=O) groups excluding carboxylic acids is 1.